The van der Waals surface area contributed by atoms with Crippen LogP contribution in [-0.4, -0.2) is 25.1 Å². The quantitative estimate of drug-likeness (QED) is 0.756. The highest BCUT2D eigenvalue weighted by atomic mass is 16.5. The maximum absolute atomic E-state index is 12.8. The first kappa shape index (κ1) is 17.7. The van der Waals surface area contributed by atoms with E-state index >= 15 is 0 Å². The number of pyridine rings is 1. The number of nitrogens with zero attached hydrogens (tertiary/aromatic N) is 1. The molecule has 1 heterocycles. The number of aryl methyl sites for hydroxylation is 3. The molecule has 3 aromatic rings. The van der Waals surface area contributed by atoms with Crippen LogP contribution in [0.3, 0.4) is 0 Å². The van der Waals surface area contributed by atoms with Gasteiger partial charge in [-0.2, -0.15) is 0 Å². The first-order valence-corrected chi connectivity index (χ1v) is 8.34. The lowest BCUT2D eigenvalue weighted by molar-refractivity contribution is 0.102. The summed E-state index contributed by atoms with van der Waals surface area (Å²) in [4.78, 5) is 17.5. The zero-order valence-corrected chi connectivity index (χ0v) is 15.6. The standard InChI is InChI=1S/C21H22N2O3/c1-12-6-13(2)20-18(7-12)19(8-14(3)22-20)23-21(24)15-9-16(25-4)11-17(10-15)26-5/h6-11H,1-5H3,(H,22,23,24). The monoisotopic (exact) mass is 350 g/mol. The molecule has 0 unspecified atom stereocenters. The smallest absolute Gasteiger partial charge is 0.255 e. The highest BCUT2D eigenvalue weighted by Gasteiger charge is 2.14. The molecule has 0 bridgehead atoms. The average molecular weight is 350 g/mol. The minimum atomic E-state index is -0.228. The summed E-state index contributed by atoms with van der Waals surface area (Å²) < 4.78 is 10.5. The van der Waals surface area contributed by atoms with Gasteiger partial charge in [0.2, 0.25) is 0 Å². The van der Waals surface area contributed by atoms with Crippen molar-refractivity contribution in [2.75, 3.05) is 19.5 Å². The lowest BCUT2D eigenvalue weighted by Crippen LogP contribution is -2.13. The Hall–Kier alpha value is -3.08. The lowest BCUT2D eigenvalue weighted by Gasteiger charge is -2.13. The second-order valence-corrected chi connectivity index (χ2v) is 6.34. The van der Waals surface area contributed by atoms with Crippen molar-refractivity contribution >= 4 is 22.5 Å². The third-order valence-corrected chi connectivity index (χ3v) is 4.24. The molecule has 0 radical (unpaired) electrons. The summed E-state index contributed by atoms with van der Waals surface area (Å²) in [6.07, 6.45) is 0. The molecular formula is C21H22N2O3. The van der Waals surface area contributed by atoms with Crippen LogP contribution in [0, 0.1) is 20.8 Å². The van der Waals surface area contributed by atoms with Crippen LogP contribution in [0.4, 0.5) is 5.69 Å². The molecule has 0 spiro atoms. The van der Waals surface area contributed by atoms with Crippen LogP contribution in [0.5, 0.6) is 11.5 Å². The van der Waals surface area contributed by atoms with Crippen LogP contribution in [0.15, 0.2) is 36.4 Å². The van der Waals surface area contributed by atoms with Crippen LogP contribution in [0.25, 0.3) is 10.9 Å². The Bertz CT molecular complexity index is 974. The zero-order chi connectivity index (χ0) is 18.8. The Morgan fingerprint density at radius 1 is 0.923 bits per heavy atom. The number of benzene rings is 2. The van der Waals surface area contributed by atoms with Crippen LogP contribution < -0.4 is 14.8 Å². The average Bonchev–Trinajstić information content (AvgIpc) is 2.62. The minimum absolute atomic E-state index is 0.228. The van der Waals surface area contributed by atoms with Gasteiger partial charge >= 0.3 is 0 Å². The van der Waals surface area contributed by atoms with E-state index in [2.05, 4.69) is 16.4 Å². The molecule has 5 nitrogen and oxygen atoms in total. The van der Waals surface area contributed by atoms with Crippen LogP contribution in [-0.2, 0) is 0 Å². The van der Waals surface area contributed by atoms with Crippen molar-refractivity contribution < 1.29 is 14.3 Å². The minimum Gasteiger partial charge on any atom is -0.497 e. The summed E-state index contributed by atoms with van der Waals surface area (Å²) in [6.45, 7) is 5.98. The van der Waals surface area contributed by atoms with Crippen molar-refractivity contribution in [1.29, 1.82) is 0 Å². The Morgan fingerprint density at radius 3 is 2.19 bits per heavy atom. The predicted molar refractivity (Wildman–Crippen MR) is 103 cm³/mol. The van der Waals surface area contributed by atoms with Gasteiger partial charge in [-0.3, -0.25) is 9.78 Å². The van der Waals surface area contributed by atoms with E-state index in [9.17, 15) is 4.79 Å². The van der Waals surface area contributed by atoms with E-state index < -0.39 is 0 Å². The van der Waals surface area contributed by atoms with E-state index in [0.29, 0.717) is 17.1 Å². The first-order chi connectivity index (χ1) is 12.4. The maximum atomic E-state index is 12.8. The third kappa shape index (κ3) is 3.47. The third-order valence-electron chi connectivity index (χ3n) is 4.24. The molecule has 0 aliphatic rings. The number of aromatic nitrogens is 1. The van der Waals surface area contributed by atoms with E-state index in [1.54, 1.807) is 32.4 Å². The molecule has 1 N–H and O–H groups in total. The van der Waals surface area contributed by atoms with E-state index in [0.717, 1.165) is 33.4 Å². The Balaban J connectivity index is 2.05. The van der Waals surface area contributed by atoms with Gasteiger partial charge in [0.25, 0.3) is 5.91 Å². The molecular weight excluding hydrogens is 328 g/mol. The Labute approximate surface area is 153 Å². The molecule has 3 rings (SSSR count). The fourth-order valence-electron chi connectivity index (χ4n) is 3.05. The van der Waals surface area contributed by atoms with Gasteiger partial charge in [0, 0.05) is 22.7 Å². The van der Waals surface area contributed by atoms with E-state index in [1.165, 1.54) is 0 Å². The predicted octanol–water partition coefficient (Wildman–Crippen LogP) is 4.43. The van der Waals surface area contributed by atoms with E-state index in [-0.39, 0.29) is 5.91 Å². The topological polar surface area (TPSA) is 60.5 Å². The van der Waals surface area contributed by atoms with Crippen molar-refractivity contribution in [3.63, 3.8) is 0 Å². The summed E-state index contributed by atoms with van der Waals surface area (Å²) in [6, 6.07) is 11.1. The second kappa shape index (κ2) is 7.04. The van der Waals surface area contributed by atoms with Crippen molar-refractivity contribution in [2.45, 2.75) is 20.8 Å². The summed E-state index contributed by atoms with van der Waals surface area (Å²) >= 11 is 0. The number of fused-ring (bicyclic) bond motifs is 1. The molecule has 0 saturated carbocycles. The van der Waals surface area contributed by atoms with Crippen molar-refractivity contribution in [1.82, 2.24) is 4.98 Å². The zero-order valence-electron chi connectivity index (χ0n) is 15.6. The van der Waals surface area contributed by atoms with Crippen molar-refractivity contribution in [3.05, 3.63) is 58.8 Å². The number of carbonyl (C=O) groups is 1. The summed E-state index contributed by atoms with van der Waals surface area (Å²) in [7, 11) is 3.11. The molecule has 0 aliphatic heterocycles. The summed E-state index contributed by atoms with van der Waals surface area (Å²) in [5.74, 6) is 0.905. The number of amides is 1. The molecule has 134 valence electrons. The molecule has 26 heavy (non-hydrogen) atoms. The fraction of sp³-hybridized carbons (Fsp3) is 0.238. The van der Waals surface area contributed by atoms with Gasteiger partial charge in [-0.1, -0.05) is 11.6 Å². The molecule has 2 aromatic carbocycles. The number of ether oxygens (including phenoxy) is 2. The van der Waals surface area contributed by atoms with Crippen molar-refractivity contribution in [3.8, 4) is 11.5 Å². The molecule has 0 atom stereocenters. The van der Waals surface area contributed by atoms with Gasteiger partial charge in [0.15, 0.2) is 0 Å². The number of hydrogen-bond donors (Lipinski definition) is 1. The van der Waals surface area contributed by atoms with Gasteiger partial charge in [0.1, 0.15) is 11.5 Å². The summed E-state index contributed by atoms with van der Waals surface area (Å²) in [5.41, 5.74) is 5.16. The van der Waals surface area contributed by atoms with E-state index in [4.69, 9.17) is 9.47 Å². The number of anilines is 1. The molecule has 1 aromatic heterocycles. The Kier molecular flexibility index (Phi) is 4.80. The largest absolute Gasteiger partial charge is 0.497 e. The van der Waals surface area contributed by atoms with Gasteiger partial charge in [-0.25, -0.2) is 0 Å². The molecule has 5 heteroatoms. The first-order valence-electron chi connectivity index (χ1n) is 8.34. The van der Waals surface area contributed by atoms with Crippen LogP contribution in [0.1, 0.15) is 27.2 Å². The highest BCUT2D eigenvalue weighted by Crippen LogP contribution is 2.28. The Morgan fingerprint density at radius 2 is 1.58 bits per heavy atom. The van der Waals surface area contributed by atoms with Crippen molar-refractivity contribution in [2.24, 2.45) is 0 Å². The SMILES string of the molecule is COc1cc(OC)cc(C(=O)Nc2cc(C)nc3c(C)cc(C)cc23)c1. The molecule has 0 aliphatic carbocycles. The maximum Gasteiger partial charge on any atom is 0.255 e. The number of nitrogens with one attached hydrogen (secondary N) is 1. The molecule has 1 amide bonds. The number of methoxy groups -OCH3 is 2. The normalized spacial score (nSPS) is 10.7. The highest BCUT2D eigenvalue weighted by molar-refractivity contribution is 6.09. The van der Waals surface area contributed by atoms with Crippen LogP contribution in [0.2, 0.25) is 0 Å². The van der Waals surface area contributed by atoms with Gasteiger partial charge < -0.3 is 14.8 Å². The second-order valence-electron chi connectivity index (χ2n) is 6.34. The summed E-state index contributed by atoms with van der Waals surface area (Å²) in [5, 5.41) is 3.94. The van der Waals surface area contributed by atoms with Gasteiger partial charge in [-0.15, -0.1) is 0 Å². The van der Waals surface area contributed by atoms with Crippen LogP contribution >= 0.6 is 0 Å². The van der Waals surface area contributed by atoms with Gasteiger partial charge in [-0.05, 0) is 50.6 Å². The molecule has 0 saturated heterocycles. The lowest BCUT2D eigenvalue weighted by atomic mass is 10.0. The fourth-order valence-corrected chi connectivity index (χ4v) is 3.05. The number of hydrogen-bond acceptors (Lipinski definition) is 4. The van der Waals surface area contributed by atoms with E-state index in [1.807, 2.05) is 32.9 Å². The molecule has 0 fully saturated rings. The number of rotatable bonds is 4. The number of carbonyl (C=O) groups excluding carboxylic acids is 1. The van der Waals surface area contributed by atoms with Gasteiger partial charge in [0.05, 0.1) is 25.4 Å².